The zero-order chi connectivity index (χ0) is 20.1. The fourth-order valence-electron chi connectivity index (χ4n) is 5.04. The van der Waals surface area contributed by atoms with Crippen LogP contribution in [0.15, 0.2) is 10.9 Å². The van der Waals surface area contributed by atoms with Crippen LogP contribution >= 0.6 is 0 Å². The van der Waals surface area contributed by atoms with Gasteiger partial charge in [-0.1, -0.05) is 13.3 Å². The highest BCUT2D eigenvalue weighted by molar-refractivity contribution is 5.50. The lowest BCUT2D eigenvalue weighted by Crippen LogP contribution is -2.48. The lowest BCUT2D eigenvalue weighted by atomic mass is 9.81. The lowest BCUT2D eigenvalue weighted by molar-refractivity contribution is -0.122. The van der Waals surface area contributed by atoms with E-state index in [2.05, 4.69) is 16.9 Å². The number of hydrogen-bond acceptors (Lipinski definition) is 4. The van der Waals surface area contributed by atoms with Gasteiger partial charge in [-0.3, -0.25) is 14.7 Å². The molecule has 28 heavy (non-hydrogen) atoms. The lowest BCUT2D eigenvalue weighted by Gasteiger charge is -2.44. The van der Waals surface area contributed by atoms with E-state index in [0.29, 0.717) is 0 Å². The minimum Gasteiger partial charge on any atom is -0.483 e. The highest BCUT2D eigenvalue weighted by atomic mass is 16.3. The third-order valence-electron chi connectivity index (χ3n) is 6.33. The number of aryl methyl sites for hydroxylation is 3. The third kappa shape index (κ3) is 4.29. The predicted molar refractivity (Wildman–Crippen MR) is 109 cm³/mol. The minimum absolute atomic E-state index is 0.0192. The maximum absolute atomic E-state index is 12.4. The molecule has 0 amide bonds. The number of nitrogens with one attached hydrogen (secondary N) is 1. The van der Waals surface area contributed by atoms with Crippen molar-refractivity contribution in [3.8, 4) is 0 Å². The summed E-state index contributed by atoms with van der Waals surface area (Å²) in [4.78, 5) is 28.4. The molecule has 2 aliphatic heterocycles. The number of piperidine rings is 2. The third-order valence-corrected chi connectivity index (χ3v) is 6.33. The summed E-state index contributed by atoms with van der Waals surface area (Å²) in [6.45, 7) is 6.46. The summed E-state index contributed by atoms with van der Waals surface area (Å²) in [5, 5.41) is 10.0. The topological polar surface area (TPSA) is 90.7 Å². The maximum Gasteiger partial charge on any atom is 0.290 e. The average Bonchev–Trinajstić information content (AvgIpc) is 3.02. The number of carboxylic acid groups (broad SMARTS) is 1. The molecule has 0 spiro atoms. The summed E-state index contributed by atoms with van der Waals surface area (Å²) >= 11 is 0. The summed E-state index contributed by atoms with van der Waals surface area (Å²) in [6.07, 6.45) is 9.75. The van der Waals surface area contributed by atoms with Gasteiger partial charge in [0.15, 0.2) is 5.65 Å². The van der Waals surface area contributed by atoms with Crippen molar-refractivity contribution >= 4 is 12.1 Å². The van der Waals surface area contributed by atoms with Crippen LogP contribution in [0, 0.1) is 12.8 Å². The maximum atomic E-state index is 12.4. The van der Waals surface area contributed by atoms with Crippen molar-refractivity contribution in [1.29, 1.82) is 0 Å². The van der Waals surface area contributed by atoms with E-state index in [4.69, 9.17) is 14.9 Å². The molecule has 0 saturated carbocycles. The van der Waals surface area contributed by atoms with Gasteiger partial charge in [-0.15, -0.1) is 0 Å². The molecule has 2 N–H and O–H groups in total. The number of aromatic nitrogens is 3. The van der Waals surface area contributed by atoms with Gasteiger partial charge in [0.1, 0.15) is 0 Å². The Labute approximate surface area is 165 Å². The van der Waals surface area contributed by atoms with E-state index in [1.165, 1.54) is 45.2 Å². The second-order valence-corrected chi connectivity index (χ2v) is 7.96. The molecule has 0 aromatic carbocycles. The highest BCUT2D eigenvalue weighted by Gasteiger charge is 2.32. The zero-order valence-electron chi connectivity index (χ0n) is 17.0. The van der Waals surface area contributed by atoms with Crippen LogP contribution in [0.1, 0.15) is 62.4 Å². The molecular formula is C21H32N4O3. The Morgan fingerprint density at radius 3 is 2.79 bits per heavy atom. The molecule has 0 aliphatic carbocycles. The fourth-order valence-corrected chi connectivity index (χ4v) is 5.04. The molecule has 0 radical (unpaired) electrons. The van der Waals surface area contributed by atoms with E-state index in [9.17, 15) is 4.79 Å². The molecule has 7 heteroatoms. The number of fused-ring (bicyclic) bond motifs is 2. The van der Waals surface area contributed by atoms with Crippen molar-refractivity contribution in [1.82, 2.24) is 19.5 Å². The van der Waals surface area contributed by atoms with Crippen molar-refractivity contribution in [2.24, 2.45) is 5.92 Å². The summed E-state index contributed by atoms with van der Waals surface area (Å²) < 4.78 is 1.60. The first-order valence-corrected chi connectivity index (χ1v) is 10.5. The first-order valence-electron chi connectivity index (χ1n) is 10.5. The Hall–Kier alpha value is -2.15. The quantitative estimate of drug-likeness (QED) is 0.786. The summed E-state index contributed by atoms with van der Waals surface area (Å²) in [5.41, 5.74) is 4.02. The van der Waals surface area contributed by atoms with Gasteiger partial charge in [0.2, 0.25) is 0 Å². The Morgan fingerprint density at radius 2 is 2.04 bits per heavy atom. The zero-order valence-corrected chi connectivity index (χ0v) is 17.0. The van der Waals surface area contributed by atoms with E-state index >= 15 is 0 Å². The summed E-state index contributed by atoms with van der Waals surface area (Å²) in [5.74, 6) is 0.771. The number of carbonyl (C=O) groups is 1. The van der Waals surface area contributed by atoms with Crippen molar-refractivity contribution in [3.05, 3.63) is 33.4 Å². The fraction of sp³-hybridized carbons (Fsp3) is 0.667. The number of H-pyrrole nitrogens is 1. The van der Waals surface area contributed by atoms with Gasteiger partial charge < -0.3 is 10.0 Å². The first kappa shape index (κ1) is 20.6. The Balaban J connectivity index is 0.000000706. The Bertz CT molecular complexity index is 855. The molecule has 0 bridgehead atoms. The molecule has 2 aromatic rings. The smallest absolute Gasteiger partial charge is 0.290 e. The molecule has 0 unspecified atom stereocenters. The molecular weight excluding hydrogens is 356 g/mol. The highest BCUT2D eigenvalue weighted by Crippen LogP contribution is 2.33. The van der Waals surface area contributed by atoms with E-state index in [1.807, 2.05) is 6.92 Å². The van der Waals surface area contributed by atoms with Crippen LogP contribution in [0.3, 0.4) is 0 Å². The van der Waals surface area contributed by atoms with E-state index in [-0.39, 0.29) is 12.0 Å². The van der Waals surface area contributed by atoms with E-state index in [0.717, 1.165) is 53.8 Å². The van der Waals surface area contributed by atoms with Crippen LogP contribution < -0.4 is 5.56 Å². The van der Waals surface area contributed by atoms with Gasteiger partial charge >= 0.3 is 0 Å². The van der Waals surface area contributed by atoms with Gasteiger partial charge in [0.05, 0.1) is 0 Å². The summed E-state index contributed by atoms with van der Waals surface area (Å²) in [7, 11) is 0. The largest absolute Gasteiger partial charge is 0.483 e. The monoisotopic (exact) mass is 388 g/mol. The Morgan fingerprint density at radius 1 is 1.29 bits per heavy atom. The molecule has 4 heterocycles. The van der Waals surface area contributed by atoms with Crippen molar-refractivity contribution in [2.75, 3.05) is 13.1 Å². The molecule has 2 atom stereocenters. The van der Waals surface area contributed by atoms with Gasteiger partial charge in [-0.2, -0.15) is 0 Å². The van der Waals surface area contributed by atoms with Crippen molar-refractivity contribution < 1.29 is 9.90 Å². The van der Waals surface area contributed by atoms with Gasteiger partial charge in [0, 0.05) is 29.1 Å². The number of nitrogens with zero attached hydrogens (tertiary/aromatic N) is 3. The minimum atomic E-state index is -0.250. The van der Waals surface area contributed by atoms with Crippen molar-refractivity contribution in [3.63, 3.8) is 0 Å². The van der Waals surface area contributed by atoms with Crippen LogP contribution in [0.4, 0.5) is 0 Å². The SMILES string of the molecule is CCc1c(C)[nH]n2c(=O)cc(CC[C@@H]3CCCN4CCCC[C@H]34)nc12.O=CO. The molecule has 2 aliphatic rings. The molecule has 2 aromatic heterocycles. The second-order valence-electron chi connectivity index (χ2n) is 7.96. The number of aromatic amines is 1. The molecule has 2 saturated heterocycles. The number of hydrogen-bond donors (Lipinski definition) is 2. The van der Waals surface area contributed by atoms with Crippen LogP contribution in [-0.2, 0) is 17.6 Å². The van der Waals surface area contributed by atoms with E-state index in [1.54, 1.807) is 10.6 Å². The van der Waals surface area contributed by atoms with Crippen LogP contribution in [-0.4, -0.2) is 50.2 Å². The Kier molecular flexibility index (Phi) is 6.88. The van der Waals surface area contributed by atoms with Gasteiger partial charge in [0.25, 0.3) is 12.0 Å². The first-order chi connectivity index (χ1) is 13.6. The predicted octanol–water partition coefficient (Wildman–Crippen LogP) is 2.79. The molecule has 2 fully saturated rings. The molecule has 154 valence electrons. The molecule has 4 rings (SSSR count). The van der Waals surface area contributed by atoms with Gasteiger partial charge in [-0.25, -0.2) is 9.50 Å². The summed E-state index contributed by atoms with van der Waals surface area (Å²) in [6, 6.07) is 2.50. The van der Waals surface area contributed by atoms with E-state index < -0.39 is 0 Å². The average molecular weight is 389 g/mol. The van der Waals surface area contributed by atoms with Gasteiger partial charge in [-0.05, 0) is 70.9 Å². The van der Waals surface area contributed by atoms with Crippen molar-refractivity contribution in [2.45, 2.75) is 71.3 Å². The molecule has 7 nitrogen and oxygen atoms in total. The second kappa shape index (κ2) is 9.37. The van der Waals surface area contributed by atoms with Crippen LogP contribution in [0.25, 0.3) is 5.65 Å². The van der Waals surface area contributed by atoms with Crippen LogP contribution in [0.2, 0.25) is 0 Å². The standard InChI is InChI=1S/C20H30N4O.CH2O2/c1-3-17-14(2)22-24-19(25)13-16(21-20(17)24)10-9-15-7-6-12-23-11-5-4-8-18(15)23;2-1-3/h13,15,18,22H,3-12H2,1-2H3;1H,(H,2,3)/t15-,18+;/m0./s1. The number of rotatable bonds is 4. The normalized spacial score (nSPS) is 22.4. The van der Waals surface area contributed by atoms with Crippen LogP contribution in [0.5, 0.6) is 0 Å².